The van der Waals surface area contributed by atoms with Gasteiger partial charge < -0.3 is 4.90 Å². The molecular weight excluding hydrogens is 222 g/mol. The molecule has 0 unspecified atom stereocenters. The van der Waals surface area contributed by atoms with Crippen LogP contribution in [0.2, 0.25) is 0 Å². The third kappa shape index (κ3) is 2.10. The Kier molecular flexibility index (Phi) is 2.98. The standard InChI is InChI=1S/C10H9N5S/c1-15(10-3-2-4-16-10)9-5-8(12-6-11)13-7-14-9/h2-5,7H,1H3,(H,12,13,14). The summed E-state index contributed by atoms with van der Waals surface area (Å²) in [6, 6.07) is 5.71. The van der Waals surface area contributed by atoms with Gasteiger partial charge in [-0.05, 0) is 17.5 Å². The number of hydrogen-bond acceptors (Lipinski definition) is 6. The highest BCUT2D eigenvalue weighted by Crippen LogP contribution is 2.26. The van der Waals surface area contributed by atoms with Crippen molar-refractivity contribution >= 4 is 28.0 Å². The van der Waals surface area contributed by atoms with Crippen LogP contribution in [0.25, 0.3) is 0 Å². The molecule has 2 aromatic rings. The molecule has 2 rings (SSSR count). The molecule has 0 radical (unpaired) electrons. The predicted molar refractivity (Wildman–Crippen MR) is 63.6 cm³/mol. The maximum Gasteiger partial charge on any atom is 0.182 e. The van der Waals surface area contributed by atoms with Crippen LogP contribution in [0.4, 0.5) is 16.6 Å². The van der Waals surface area contributed by atoms with Gasteiger partial charge in [-0.1, -0.05) is 0 Å². The van der Waals surface area contributed by atoms with Gasteiger partial charge in [-0.3, -0.25) is 5.32 Å². The minimum atomic E-state index is 0.496. The minimum absolute atomic E-state index is 0.496. The number of aromatic nitrogens is 2. The molecule has 0 atom stereocenters. The van der Waals surface area contributed by atoms with Crippen molar-refractivity contribution in [1.82, 2.24) is 9.97 Å². The van der Waals surface area contributed by atoms with Crippen molar-refractivity contribution in [3.8, 4) is 6.19 Å². The minimum Gasteiger partial charge on any atom is -0.321 e. The molecule has 0 fully saturated rings. The zero-order valence-electron chi connectivity index (χ0n) is 8.58. The number of nitrogens with zero attached hydrogens (tertiary/aromatic N) is 4. The van der Waals surface area contributed by atoms with Crippen LogP contribution in [0.15, 0.2) is 29.9 Å². The van der Waals surface area contributed by atoms with Gasteiger partial charge in [-0.25, -0.2) is 9.97 Å². The van der Waals surface area contributed by atoms with Gasteiger partial charge in [0.05, 0.1) is 5.00 Å². The Morgan fingerprint density at radius 3 is 3.06 bits per heavy atom. The Labute approximate surface area is 97.0 Å². The number of hydrogen-bond donors (Lipinski definition) is 1. The fourth-order valence-corrected chi connectivity index (χ4v) is 1.94. The second-order valence-corrected chi connectivity index (χ2v) is 3.93. The summed E-state index contributed by atoms with van der Waals surface area (Å²) in [7, 11) is 1.92. The maximum atomic E-state index is 8.50. The molecule has 2 heterocycles. The SMILES string of the molecule is CN(c1cc(NC#N)ncn1)c1cccs1. The van der Waals surface area contributed by atoms with Crippen LogP contribution in [0.5, 0.6) is 0 Å². The molecule has 0 saturated heterocycles. The first-order chi connectivity index (χ1) is 7.81. The summed E-state index contributed by atoms with van der Waals surface area (Å²) in [5, 5.41) is 14.1. The largest absolute Gasteiger partial charge is 0.321 e. The second kappa shape index (κ2) is 4.59. The van der Waals surface area contributed by atoms with Crippen LogP contribution >= 0.6 is 11.3 Å². The van der Waals surface area contributed by atoms with E-state index in [-0.39, 0.29) is 0 Å². The smallest absolute Gasteiger partial charge is 0.182 e. The Morgan fingerprint density at radius 2 is 2.38 bits per heavy atom. The number of nitriles is 1. The zero-order chi connectivity index (χ0) is 11.4. The molecule has 80 valence electrons. The highest BCUT2D eigenvalue weighted by molar-refractivity contribution is 7.14. The average molecular weight is 231 g/mol. The number of rotatable bonds is 3. The molecule has 2 aromatic heterocycles. The summed E-state index contributed by atoms with van der Waals surface area (Å²) < 4.78 is 0. The summed E-state index contributed by atoms with van der Waals surface area (Å²) in [5.74, 6) is 1.24. The summed E-state index contributed by atoms with van der Waals surface area (Å²) in [6.07, 6.45) is 3.26. The van der Waals surface area contributed by atoms with E-state index in [9.17, 15) is 0 Å². The topological polar surface area (TPSA) is 64.8 Å². The molecule has 0 aromatic carbocycles. The Balaban J connectivity index is 2.27. The van der Waals surface area contributed by atoms with Crippen LogP contribution in [-0.4, -0.2) is 17.0 Å². The van der Waals surface area contributed by atoms with Crippen molar-refractivity contribution in [2.45, 2.75) is 0 Å². The van der Waals surface area contributed by atoms with Crippen LogP contribution < -0.4 is 10.2 Å². The van der Waals surface area contributed by atoms with Crippen LogP contribution in [0.3, 0.4) is 0 Å². The summed E-state index contributed by atoms with van der Waals surface area (Å²) in [5.41, 5.74) is 0. The van der Waals surface area contributed by atoms with Crippen molar-refractivity contribution in [2.24, 2.45) is 0 Å². The lowest BCUT2D eigenvalue weighted by Crippen LogP contribution is -2.10. The fraction of sp³-hybridized carbons (Fsp3) is 0.100. The van der Waals surface area contributed by atoms with E-state index < -0.39 is 0 Å². The van der Waals surface area contributed by atoms with Gasteiger partial charge in [0, 0.05) is 13.1 Å². The molecule has 1 N–H and O–H groups in total. The molecule has 0 bridgehead atoms. The average Bonchev–Trinajstić information content (AvgIpc) is 2.82. The van der Waals surface area contributed by atoms with E-state index in [1.54, 1.807) is 17.4 Å². The van der Waals surface area contributed by atoms with Gasteiger partial charge in [-0.2, -0.15) is 5.26 Å². The molecule has 0 spiro atoms. The molecule has 0 aliphatic carbocycles. The van der Waals surface area contributed by atoms with E-state index in [1.807, 2.05) is 35.7 Å². The number of anilines is 3. The highest BCUT2D eigenvalue weighted by Gasteiger charge is 2.06. The summed E-state index contributed by atoms with van der Waals surface area (Å²) in [6.45, 7) is 0. The molecule has 5 nitrogen and oxygen atoms in total. The first-order valence-electron chi connectivity index (χ1n) is 4.55. The molecule has 6 heteroatoms. The molecule has 0 aliphatic rings. The molecule has 0 amide bonds. The lowest BCUT2D eigenvalue weighted by atomic mass is 10.4. The monoisotopic (exact) mass is 231 g/mol. The predicted octanol–water partition coefficient (Wildman–Crippen LogP) is 2.20. The van der Waals surface area contributed by atoms with Crippen molar-refractivity contribution in [3.63, 3.8) is 0 Å². The number of nitrogens with one attached hydrogen (secondary N) is 1. The number of thiophene rings is 1. The van der Waals surface area contributed by atoms with E-state index in [2.05, 4.69) is 15.3 Å². The Hall–Kier alpha value is -2.13. The Morgan fingerprint density at radius 1 is 1.50 bits per heavy atom. The third-order valence-electron chi connectivity index (χ3n) is 2.02. The van der Waals surface area contributed by atoms with E-state index in [1.165, 1.54) is 6.33 Å². The summed E-state index contributed by atoms with van der Waals surface area (Å²) >= 11 is 1.63. The van der Waals surface area contributed by atoms with Gasteiger partial charge in [0.1, 0.15) is 18.0 Å². The van der Waals surface area contributed by atoms with Crippen molar-refractivity contribution < 1.29 is 0 Å². The van der Waals surface area contributed by atoms with Gasteiger partial charge in [0.2, 0.25) is 0 Å². The molecule has 0 aliphatic heterocycles. The van der Waals surface area contributed by atoms with Gasteiger partial charge in [-0.15, -0.1) is 11.3 Å². The molecule has 16 heavy (non-hydrogen) atoms. The highest BCUT2D eigenvalue weighted by atomic mass is 32.1. The van der Waals surface area contributed by atoms with Gasteiger partial charge >= 0.3 is 0 Å². The third-order valence-corrected chi connectivity index (χ3v) is 2.96. The van der Waals surface area contributed by atoms with Gasteiger partial charge in [0.25, 0.3) is 0 Å². The van der Waals surface area contributed by atoms with Crippen molar-refractivity contribution in [2.75, 3.05) is 17.3 Å². The van der Waals surface area contributed by atoms with Crippen LogP contribution in [-0.2, 0) is 0 Å². The van der Waals surface area contributed by atoms with Crippen molar-refractivity contribution in [1.29, 1.82) is 5.26 Å². The molecular formula is C10H9N5S. The van der Waals surface area contributed by atoms with Crippen LogP contribution in [0, 0.1) is 11.5 Å². The molecule has 0 saturated carbocycles. The van der Waals surface area contributed by atoms with Crippen LogP contribution in [0.1, 0.15) is 0 Å². The summed E-state index contributed by atoms with van der Waals surface area (Å²) in [4.78, 5) is 10.0. The lowest BCUT2D eigenvalue weighted by molar-refractivity contribution is 1.09. The first kappa shape index (κ1) is 10.4. The fourth-order valence-electron chi connectivity index (χ4n) is 1.23. The second-order valence-electron chi connectivity index (χ2n) is 3.01. The maximum absolute atomic E-state index is 8.50. The lowest BCUT2D eigenvalue weighted by Gasteiger charge is -2.15. The van der Waals surface area contributed by atoms with E-state index in [4.69, 9.17) is 5.26 Å². The quantitative estimate of drug-likeness (QED) is 0.648. The van der Waals surface area contributed by atoms with E-state index in [0.717, 1.165) is 10.8 Å². The van der Waals surface area contributed by atoms with Gasteiger partial charge in [0.15, 0.2) is 6.19 Å². The zero-order valence-corrected chi connectivity index (χ0v) is 9.40. The Bertz CT molecular complexity index is 502. The van der Waals surface area contributed by atoms with Crippen molar-refractivity contribution in [3.05, 3.63) is 29.9 Å². The normalized spacial score (nSPS) is 9.50. The first-order valence-corrected chi connectivity index (χ1v) is 5.43. The van der Waals surface area contributed by atoms with E-state index in [0.29, 0.717) is 5.82 Å². The van der Waals surface area contributed by atoms with E-state index >= 15 is 0 Å².